The fourth-order valence-corrected chi connectivity index (χ4v) is 0. The second-order valence-electron chi connectivity index (χ2n) is 0.396. The first-order valence-electron chi connectivity index (χ1n) is 0.632. The molecule has 0 rings (SSSR count). The average molecular weight is 250 g/mol. The molecule has 0 unspecified atom stereocenters. The molecule has 0 fully saturated rings. The van der Waals surface area contributed by atoms with Crippen molar-refractivity contribution in [1.82, 2.24) is 0 Å². The molecule has 0 saturated heterocycles. The van der Waals surface area contributed by atoms with Gasteiger partial charge in [-0.15, -0.1) is 0 Å². The summed E-state index contributed by atoms with van der Waals surface area (Å²) in [4.78, 5) is 0. The van der Waals surface area contributed by atoms with Gasteiger partial charge in [0.2, 0.25) is 0 Å². The first-order chi connectivity index (χ1) is 2.00. The zero-order chi connectivity index (χ0) is 4.50. The molecule has 0 aromatic rings. The molecule has 0 aromatic carbocycles. The van der Waals surface area contributed by atoms with Gasteiger partial charge in [-0.1, -0.05) is 0 Å². The van der Waals surface area contributed by atoms with Gasteiger partial charge in [0.15, 0.2) is 0 Å². The molecule has 1 N–H and O–H groups in total. The Morgan fingerprint density at radius 3 is 1.14 bits per heavy atom. The van der Waals surface area contributed by atoms with Gasteiger partial charge in [0.25, 0.3) is 0 Å². The van der Waals surface area contributed by atoms with Gasteiger partial charge in [-0.25, -0.2) is 0 Å². The van der Waals surface area contributed by atoms with Gasteiger partial charge in [0.1, 0.15) is 0 Å². The molecule has 0 aliphatic heterocycles. The molecule has 0 aromatic heterocycles. The van der Waals surface area contributed by atoms with E-state index in [4.69, 9.17) is 13.7 Å². The topological polar surface area (TPSA) is 89.4 Å². The predicted octanol–water partition coefficient (Wildman–Crippen LogP) is -13.1. The third-order valence-electron chi connectivity index (χ3n) is 0. The van der Waals surface area contributed by atoms with E-state index >= 15 is 0 Å². The molecule has 7 heteroatoms. The summed E-state index contributed by atoms with van der Waals surface area (Å²) in [7, 11) is 0. The van der Waals surface area contributed by atoms with Crippen LogP contribution in [0.4, 0.5) is 0 Å². The maximum absolute atomic E-state index is 8.73. The van der Waals surface area contributed by atoms with Crippen molar-refractivity contribution >= 4 is 0 Å². The fourth-order valence-electron chi connectivity index (χ4n) is 0. The van der Waals surface area contributed by atoms with Crippen molar-refractivity contribution in [3.8, 4) is 0 Å². The summed E-state index contributed by atoms with van der Waals surface area (Å²) in [5, 5.41) is 0. The Labute approximate surface area is 75.0 Å². The molecule has 0 bridgehead atoms. The maximum Gasteiger partial charge on any atom is 1.00 e. The van der Waals surface area contributed by atoms with Crippen LogP contribution in [0.25, 0.3) is 0 Å². The fraction of sp³-hybridized carbons (Fsp3) is 0. The van der Waals surface area contributed by atoms with E-state index < -0.39 is 20.1 Å². The summed E-state index contributed by atoms with van der Waals surface area (Å²) in [6.45, 7) is 0. The van der Waals surface area contributed by atoms with Gasteiger partial charge in [-0.05, 0) is 0 Å². The minimum atomic E-state index is -5.69. The Kier molecular flexibility index (Phi) is 13.6. The van der Waals surface area contributed by atoms with Crippen molar-refractivity contribution in [2.24, 2.45) is 0 Å². The van der Waals surface area contributed by atoms with Crippen molar-refractivity contribution in [3.63, 3.8) is 0 Å². The first kappa shape index (κ1) is 15.9. The van der Waals surface area contributed by atoms with E-state index in [-0.39, 0.29) is 42.0 Å². The molecule has 0 aliphatic carbocycles. The van der Waals surface area contributed by atoms with E-state index in [2.05, 4.69) is 0 Å². The molecule has 0 aliphatic rings. The van der Waals surface area contributed by atoms with E-state index in [1.54, 1.807) is 0 Å². The zero-order valence-electron chi connectivity index (χ0n) is 3.43. The van der Waals surface area contributed by atoms with Crippen LogP contribution in [0.1, 0.15) is 0 Å². The molecule has 0 heterocycles. The third kappa shape index (κ3) is 78.0. The molecule has 0 atom stereocenters. The second kappa shape index (κ2) is 5.99. The number of hydrogen-bond acceptors (Lipinski definition) is 4. The van der Waals surface area contributed by atoms with Gasteiger partial charge < -0.3 is 12.4 Å². The third-order valence-corrected chi connectivity index (χ3v) is 0. The average Bonchev–Trinajstić information content (AvgIpc) is 0.722. The van der Waals surface area contributed by atoms with Crippen LogP contribution in [0.3, 0.4) is 0 Å². The molecule has 0 saturated carbocycles. The number of halogens is 2. The molecule has 0 radical (unpaired) electrons. The van der Waals surface area contributed by atoms with Crippen LogP contribution in [0.15, 0.2) is 0 Å². The van der Waals surface area contributed by atoms with Crippen molar-refractivity contribution in [1.29, 1.82) is 0 Å². The van der Waals surface area contributed by atoms with Gasteiger partial charge in [-0.3, -0.25) is 10.3 Å². The standard InChI is InChI=1S/ClH.HIO4.Na/c;2-1(3,4)5;/h1H;2H;/q;;+1/p-1. The largest absolute Gasteiger partial charge is 1.00 e. The summed E-state index contributed by atoms with van der Waals surface area (Å²) in [6, 6.07) is 0. The molecular formula is HClINaO4. The Bertz CT molecular complexity index is 27.2. The van der Waals surface area contributed by atoms with Crippen LogP contribution in [0, 0.1) is 0 Å². The Balaban J connectivity index is -0.0000000800. The van der Waals surface area contributed by atoms with Crippen molar-refractivity contribution in [3.05, 3.63) is 0 Å². The van der Waals surface area contributed by atoms with E-state index in [0.717, 1.165) is 0 Å². The van der Waals surface area contributed by atoms with Crippen LogP contribution in [-0.2, 0) is 0 Å². The number of rotatable bonds is 0. The van der Waals surface area contributed by atoms with E-state index in [1.165, 1.54) is 0 Å². The Morgan fingerprint density at radius 2 is 1.14 bits per heavy atom. The van der Waals surface area contributed by atoms with Crippen LogP contribution < -0.4 is 72.4 Å². The molecular weight excluding hydrogens is 249 g/mol. The minimum Gasteiger partial charge on any atom is -1.00 e. The first-order valence-corrected chi connectivity index (χ1v) is 4.24. The van der Waals surface area contributed by atoms with Gasteiger partial charge >= 0.3 is 49.7 Å². The van der Waals surface area contributed by atoms with Gasteiger partial charge in [0, 0.05) is 3.44 Å². The molecule has 7 heavy (non-hydrogen) atoms. The Morgan fingerprint density at radius 1 is 1.14 bits per heavy atom. The zero-order valence-corrected chi connectivity index (χ0v) is 8.34. The monoisotopic (exact) mass is 250 g/mol. The molecule has 0 amide bonds. The summed E-state index contributed by atoms with van der Waals surface area (Å²) >= 11 is -5.69. The summed E-state index contributed by atoms with van der Waals surface area (Å²) in [6.07, 6.45) is 0. The summed E-state index contributed by atoms with van der Waals surface area (Å²) in [5.41, 5.74) is 0. The SMILES string of the molecule is [Cl-].[Na+].[O-][I+3]([O-])([O-])O. The van der Waals surface area contributed by atoms with E-state index in [0.29, 0.717) is 0 Å². The van der Waals surface area contributed by atoms with Crippen molar-refractivity contribution in [2.75, 3.05) is 0 Å². The van der Waals surface area contributed by atoms with Crippen LogP contribution >= 0.6 is 0 Å². The van der Waals surface area contributed by atoms with Crippen LogP contribution in [0.5, 0.6) is 0 Å². The normalized spacial score (nSPS) is 8.57. The van der Waals surface area contributed by atoms with Crippen molar-refractivity contribution < 1.29 is 75.8 Å². The summed E-state index contributed by atoms with van der Waals surface area (Å²) < 4.78 is 33.2. The maximum atomic E-state index is 8.73. The quantitative estimate of drug-likeness (QED) is 0.341. The summed E-state index contributed by atoms with van der Waals surface area (Å²) in [5.74, 6) is 0. The van der Waals surface area contributed by atoms with Gasteiger partial charge in [0.05, 0.1) is 0 Å². The minimum absolute atomic E-state index is 0. The van der Waals surface area contributed by atoms with Crippen LogP contribution in [0.2, 0.25) is 0 Å². The van der Waals surface area contributed by atoms with E-state index in [9.17, 15) is 0 Å². The van der Waals surface area contributed by atoms with Crippen LogP contribution in [-0.4, -0.2) is 3.44 Å². The van der Waals surface area contributed by atoms with E-state index in [1.807, 2.05) is 0 Å². The van der Waals surface area contributed by atoms with Crippen molar-refractivity contribution in [2.45, 2.75) is 0 Å². The number of hydrogen-bond donors (Lipinski definition) is 1. The predicted molar refractivity (Wildman–Crippen MR) is 2.22 cm³/mol. The molecule has 0 spiro atoms. The smallest absolute Gasteiger partial charge is 1.00 e. The van der Waals surface area contributed by atoms with Gasteiger partial charge in [-0.2, -0.15) is 0 Å². The Hall–Kier alpha value is 1.86. The molecule has 4 nitrogen and oxygen atoms in total. The molecule has 40 valence electrons. The second-order valence-corrected chi connectivity index (χ2v) is 2.66.